The molecule has 0 fully saturated rings. The van der Waals surface area contributed by atoms with Crippen LogP contribution in [0.1, 0.15) is 0 Å². The molecular weight excluding hydrogens is 536 g/mol. The largest absolute Gasteiger partial charge is 0.787 e. The van der Waals surface area contributed by atoms with Crippen molar-refractivity contribution in [3.8, 4) is 0 Å². The molecule has 0 atom stereocenters. The fourth-order valence-electron chi connectivity index (χ4n) is 0.930. The zero-order valence-electron chi connectivity index (χ0n) is 14.4. The lowest BCUT2D eigenvalue weighted by molar-refractivity contribution is -1.03. The summed E-state index contributed by atoms with van der Waals surface area (Å²) in [5.74, 6) is 0. The Morgan fingerprint density at radius 3 is 0.676 bits per heavy atom. The van der Waals surface area contributed by atoms with Crippen molar-refractivity contribution in [1.29, 1.82) is 0 Å². The van der Waals surface area contributed by atoms with Gasteiger partial charge in [-0.15, -0.1) is 80.9 Å². The second-order valence-electron chi connectivity index (χ2n) is 3.52. The lowest BCUT2D eigenvalue weighted by atomic mass is 11.1. The highest BCUT2D eigenvalue weighted by molar-refractivity contribution is 6.52. The summed E-state index contributed by atoms with van der Waals surface area (Å²) in [4.78, 5) is 91.2. The first-order chi connectivity index (χ1) is 15.3. The van der Waals surface area contributed by atoms with Gasteiger partial charge in [0.25, 0.3) is 20.3 Å². The van der Waals surface area contributed by atoms with Crippen molar-refractivity contribution in [2.75, 3.05) is 0 Å². The van der Waals surface area contributed by atoms with E-state index in [1.54, 1.807) is 0 Å². The maximum atomic E-state index is 9.87. The summed E-state index contributed by atoms with van der Waals surface area (Å²) in [5, 5.41) is 63.8. The van der Waals surface area contributed by atoms with Gasteiger partial charge in [0.15, 0.2) is 0 Å². The van der Waals surface area contributed by atoms with Crippen molar-refractivity contribution < 1.29 is 78.2 Å². The molecule has 0 aromatic heterocycles. The standard InChI is InChI=1S/CN4O12.N4O12Si/c6-2(7)14-1(15-3(8)9,16-4(10)11)17-5(12)13;5-1(6)13-17(14-2(7)8,15-3(9)10)16-4(11)12. The van der Waals surface area contributed by atoms with Gasteiger partial charge >= 0.3 is 35.6 Å². The number of nitrogens with zero attached hydrogens (tertiary/aromatic N) is 8. The quantitative estimate of drug-likeness (QED) is 0.0805. The minimum Gasteiger partial charge on any atom is -0.269 e. The first-order valence-electron chi connectivity index (χ1n) is 6.01. The zero-order chi connectivity index (χ0) is 27.3. The molecule has 0 bridgehead atoms. The fraction of sp³-hybridized carbons (Fsp3) is 1.00. The SMILES string of the molecule is O=[N+]([O-])OC(O[N+](=O)[O-])(O[N+](=O)[O-])O[N+](=O)[O-].O=[N+]([O-])O[Si](O[N+](=O)[O-])(O[N+](=O)[O-])O[N+](=O)[O-]. The molecule has 0 aliphatic rings. The predicted octanol–water partition coefficient (Wildman–Crippen LogP) is -3.31. The summed E-state index contributed by atoms with van der Waals surface area (Å²) in [6, 6.07) is 0. The van der Waals surface area contributed by atoms with Crippen LogP contribution in [0, 0.1) is 80.9 Å². The summed E-state index contributed by atoms with van der Waals surface area (Å²) >= 11 is 0. The maximum Gasteiger partial charge on any atom is 0.787 e. The van der Waals surface area contributed by atoms with Gasteiger partial charge in [-0.25, -0.2) is 19.4 Å². The van der Waals surface area contributed by atoms with Crippen LogP contribution in [-0.4, -0.2) is 55.9 Å². The number of hydrogen-bond acceptors (Lipinski definition) is 24. The van der Waals surface area contributed by atoms with Crippen LogP contribution in [0.3, 0.4) is 0 Å². The van der Waals surface area contributed by atoms with Crippen LogP contribution in [0.15, 0.2) is 0 Å². The molecular formula is CN8O24Si. The van der Waals surface area contributed by atoms with Gasteiger partial charge < -0.3 is 0 Å². The highest BCUT2D eigenvalue weighted by Crippen LogP contribution is 2.18. The van der Waals surface area contributed by atoms with E-state index in [1.165, 1.54) is 0 Å². The molecule has 0 rings (SSSR count). The van der Waals surface area contributed by atoms with Crippen LogP contribution in [0.5, 0.6) is 0 Å². The molecule has 33 heteroatoms. The summed E-state index contributed by atoms with van der Waals surface area (Å²) in [6.45, 7) is 0. The molecule has 0 aliphatic heterocycles. The van der Waals surface area contributed by atoms with E-state index >= 15 is 0 Å². The van der Waals surface area contributed by atoms with Crippen LogP contribution < -0.4 is 0 Å². The minimum absolute atomic E-state index is 1.84. The van der Waals surface area contributed by atoms with Crippen molar-refractivity contribution >= 4 is 9.05 Å². The van der Waals surface area contributed by atoms with E-state index in [9.17, 15) is 80.9 Å². The van der Waals surface area contributed by atoms with E-state index in [2.05, 4.69) is 37.5 Å². The molecule has 0 amide bonds. The van der Waals surface area contributed by atoms with Crippen molar-refractivity contribution in [1.82, 2.24) is 0 Å². The van der Waals surface area contributed by atoms with Gasteiger partial charge in [0.2, 0.25) is 0 Å². The smallest absolute Gasteiger partial charge is 0.269 e. The van der Waals surface area contributed by atoms with Gasteiger partial charge in [0.05, 0.1) is 0 Å². The number of hydrogen-bond donors (Lipinski definition) is 0. The summed E-state index contributed by atoms with van der Waals surface area (Å²) in [7, 11) is -5.84. The highest BCUT2D eigenvalue weighted by Gasteiger charge is 2.57. The van der Waals surface area contributed by atoms with E-state index in [4.69, 9.17) is 0 Å². The molecule has 0 aliphatic carbocycles. The van der Waals surface area contributed by atoms with Crippen molar-refractivity contribution in [2.45, 2.75) is 6.16 Å². The second-order valence-corrected chi connectivity index (χ2v) is 5.25. The Hall–Kier alpha value is -6.18. The second kappa shape index (κ2) is 12.5. The summed E-state index contributed by atoms with van der Waals surface area (Å²) < 4.78 is 13.0. The molecule has 34 heavy (non-hydrogen) atoms. The third-order valence-electron chi connectivity index (χ3n) is 1.49. The molecule has 0 spiro atoms. The van der Waals surface area contributed by atoms with Crippen LogP contribution in [0.4, 0.5) is 0 Å². The Morgan fingerprint density at radius 1 is 0.382 bits per heavy atom. The first kappa shape index (κ1) is 30.0. The average molecular weight is 536 g/mol. The molecule has 0 aromatic carbocycles. The Morgan fingerprint density at radius 2 is 0.559 bits per heavy atom. The molecule has 192 valence electrons. The Bertz CT molecular complexity index is 624. The summed E-state index contributed by atoms with van der Waals surface area (Å²) in [6.07, 6.45) is -4.21. The minimum atomic E-state index is -5.84. The third kappa shape index (κ3) is 13.9. The lowest BCUT2D eigenvalue weighted by Gasteiger charge is -2.22. The maximum absolute atomic E-state index is 9.87. The molecule has 0 N–H and O–H groups in total. The van der Waals surface area contributed by atoms with E-state index in [-0.39, 0.29) is 0 Å². The Kier molecular flexibility index (Phi) is 11.0. The van der Waals surface area contributed by atoms with Gasteiger partial charge in [-0.2, -0.15) is 0 Å². The van der Waals surface area contributed by atoms with Gasteiger partial charge in [-0.05, 0) is 0 Å². The molecule has 0 radical (unpaired) electrons. The molecule has 0 aromatic rings. The normalized spacial score (nSPS) is 9.88. The van der Waals surface area contributed by atoms with Crippen molar-refractivity contribution in [3.05, 3.63) is 80.9 Å². The van der Waals surface area contributed by atoms with E-state index in [0.29, 0.717) is 0 Å². The van der Waals surface area contributed by atoms with Gasteiger partial charge in [0, 0.05) is 0 Å². The third-order valence-corrected chi connectivity index (χ3v) is 2.98. The van der Waals surface area contributed by atoms with E-state index < -0.39 is 55.9 Å². The zero-order valence-corrected chi connectivity index (χ0v) is 15.4. The van der Waals surface area contributed by atoms with Crippen LogP contribution in [-0.2, 0) is 37.5 Å². The Labute approximate surface area is 175 Å². The van der Waals surface area contributed by atoms with Crippen molar-refractivity contribution in [2.24, 2.45) is 0 Å². The highest BCUT2D eigenvalue weighted by atomic mass is 28.4. The van der Waals surface area contributed by atoms with Crippen LogP contribution in [0.25, 0.3) is 0 Å². The average Bonchev–Trinajstić information content (AvgIpc) is 2.48. The van der Waals surface area contributed by atoms with Crippen LogP contribution >= 0.6 is 0 Å². The first-order valence-corrected chi connectivity index (χ1v) is 7.65. The molecule has 0 heterocycles. The van der Waals surface area contributed by atoms with Crippen molar-refractivity contribution in [3.63, 3.8) is 0 Å². The van der Waals surface area contributed by atoms with E-state index in [0.717, 1.165) is 0 Å². The Balaban J connectivity index is 0. The molecule has 32 nitrogen and oxygen atoms in total. The molecule has 0 saturated carbocycles. The van der Waals surface area contributed by atoms with Crippen LogP contribution in [0.2, 0.25) is 0 Å². The van der Waals surface area contributed by atoms with Gasteiger partial charge in [-0.3, -0.25) is 18.1 Å². The lowest BCUT2D eigenvalue weighted by Crippen LogP contribution is -2.54. The van der Waals surface area contributed by atoms with Gasteiger partial charge in [-0.1, -0.05) is 0 Å². The molecule has 0 saturated heterocycles. The number of rotatable bonds is 16. The predicted molar refractivity (Wildman–Crippen MR) is 73.1 cm³/mol. The topological polar surface area (TPSA) is 419 Å². The monoisotopic (exact) mass is 536 g/mol. The molecule has 0 unspecified atom stereocenters. The van der Waals surface area contributed by atoms with E-state index in [1.807, 2.05) is 0 Å². The fourth-order valence-corrected chi connectivity index (χ4v) is 1.86. The van der Waals surface area contributed by atoms with Gasteiger partial charge in [0.1, 0.15) is 0 Å². The summed E-state index contributed by atoms with van der Waals surface area (Å²) in [5.41, 5.74) is 0.